The number of carbonyl (C=O) groups is 1. The summed E-state index contributed by atoms with van der Waals surface area (Å²) in [5, 5.41) is 2.83. The molecule has 2 atom stereocenters. The number of fused-ring (bicyclic) bond motifs is 1. The number of carbonyl (C=O) groups excluding carboxylic acids is 1. The lowest BCUT2D eigenvalue weighted by Crippen LogP contribution is -2.42. The first-order chi connectivity index (χ1) is 16.1. The Labute approximate surface area is 194 Å². The molecule has 0 aliphatic heterocycles. The molecule has 1 amide bonds. The van der Waals surface area contributed by atoms with Gasteiger partial charge >= 0.3 is 11.9 Å². The number of oxazole rings is 1. The van der Waals surface area contributed by atoms with Crippen LogP contribution >= 0.6 is 0 Å². The lowest BCUT2D eigenvalue weighted by Gasteiger charge is -2.30. The number of hydrogen-bond acceptors (Lipinski definition) is 5. The van der Waals surface area contributed by atoms with Crippen molar-refractivity contribution in [3.8, 4) is 0 Å². The van der Waals surface area contributed by atoms with Crippen molar-refractivity contribution in [1.82, 2.24) is 20.2 Å². The number of likely N-dealkylation sites (N-methyl/N-ethyl adjacent to an activating group) is 1. The highest BCUT2D eigenvalue weighted by molar-refractivity contribution is 5.77. The molecule has 1 aliphatic carbocycles. The molecule has 1 saturated carbocycles. The lowest BCUT2D eigenvalue weighted by molar-refractivity contribution is -0.194. The summed E-state index contributed by atoms with van der Waals surface area (Å²) in [5.41, 5.74) is 0.515. The van der Waals surface area contributed by atoms with Gasteiger partial charge in [0.2, 0.25) is 5.91 Å². The Balaban J connectivity index is 1.44. The SMILES string of the molecule is CN(C)C(CNC(=O)CC(c1cccnc1)C1(C(F)(F)F)CC1)Cc1ccc2[nH]c(=O)oc2c1. The van der Waals surface area contributed by atoms with Gasteiger partial charge in [0.1, 0.15) is 0 Å². The first-order valence-corrected chi connectivity index (χ1v) is 11.1. The van der Waals surface area contributed by atoms with Crippen molar-refractivity contribution < 1.29 is 22.4 Å². The highest BCUT2D eigenvalue weighted by Gasteiger charge is 2.67. The van der Waals surface area contributed by atoms with E-state index in [9.17, 15) is 22.8 Å². The van der Waals surface area contributed by atoms with Gasteiger partial charge in [0.25, 0.3) is 0 Å². The third kappa shape index (κ3) is 5.01. The van der Waals surface area contributed by atoms with Crippen LogP contribution in [-0.4, -0.2) is 53.6 Å². The summed E-state index contributed by atoms with van der Waals surface area (Å²) < 4.78 is 46.7. The van der Waals surface area contributed by atoms with Crippen molar-refractivity contribution in [3.05, 3.63) is 64.4 Å². The summed E-state index contributed by atoms with van der Waals surface area (Å²) in [5.74, 6) is -1.93. The molecule has 1 aliphatic rings. The minimum atomic E-state index is -4.38. The molecule has 2 heterocycles. The number of aromatic amines is 1. The van der Waals surface area contributed by atoms with Crippen molar-refractivity contribution in [2.75, 3.05) is 20.6 Å². The second kappa shape index (κ2) is 9.25. The molecule has 2 unspecified atom stereocenters. The van der Waals surface area contributed by atoms with E-state index in [0.29, 0.717) is 23.1 Å². The van der Waals surface area contributed by atoms with Crippen LogP contribution in [0.2, 0.25) is 0 Å². The highest BCUT2D eigenvalue weighted by Crippen LogP contribution is 2.66. The van der Waals surface area contributed by atoms with Crippen LogP contribution in [-0.2, 0) is 11.2 Å². The number of amides is 1. The number of nitrogens with one attached hydrogen (secondary N) is 2. The average molecular weight is 476 g/mol. The van der Waals surface area contributed by atoms with Crippen LogP contribution in [0.1, 0.15) is 36.3 Å². The van der Waals surface area contributed by atoms with E-state index in [0.717, 1.165) is 5.56 Å². The molecule has 10 heteroatoms. The van der Waals surface area contributed by atoms with E-state index < -0.39 is 29.2 Å². The molecule has 7 nitrogen and oxygen atoms in total. The predicted molar refractivity (Wildman–Crippen MR) is 120 cm³/mol. The standard InChI is InChI=1S/C24H27F3N4O3/c1-31(2)17(10-15-5-6-19-20(11-15)34-22(33)30-19)14-29-21(32)12-18(16-4-3-9-28-13-16)23(7-8-23)24(25,26)27/h3-6,9,11,13,17-18H,7-8,10,12,14H2,1-2H3,(H,29,32)(H,30,33). The highest BCUT2D eigenvalue weighted by atomic mass is 19.4. The molecular weight excluding hydrogens is 449 g/mol. The number of alkyl halides is 3. The molecule has 1 aromatic carbocycles. The van der Waals surface area contributed by atoms with Crippen molar-refractivity contribution in [1.29, 1.82) is 0 Å². The molecule has 34 heavy (non-hydrogen) atoms. The normalized spacial score (nSPS) is 17.0. The van der Waals surface area contributed by atoms with Crippen molar-refractivity contribution in [2.24, 2.45) is 5.41 Å². The van der Waals surface area contributed by atoms with E-state index in [1.54, 1.807) is 24.3 Å². The summed E-state index contributed by atoms with van der Waals surface area (Å²) in [4.78, 5) is 32.7. The fraction of sp³-hybridized carbons (Fsp3) is 0.458. The maximum atomic E-state index is 13.9. The summed E-state index contributed by atoms with van der Waals surface area (Å²) >= 11 is 0. The Bertz CT molecular complexity index is 1200. The lowest BCUT2D eigenvalue weighted by atomic mass is 9.80. The number of halogens is 3. The fourth-order valence-electron chi connectivity index (χ4n) is 4.49. The quantitative estimate of drug-likeness (QED) is 0.492. The minimum Gasteiger partial charge on any atom is -0.408 e. The van der Waals surface area contributed by atoms with E-state index in [4.69, 9.17) is 4.42 Å². The molecule has 2 N–H and O–H groups in total. The Morgan fingerprint density at radius 2 is 2.06 bits per heavy atom. The second-order valence-corrected chi connectivity index (χ2v) is 9.17. The van der Waals surface area contributed by atoms with Gasteiger partial charge in [0.05, 0.1) is 10.9 Å². The first kappa shape index (κ1) is 24.0. The minimum absolute atomic E-state index is 0.0153. The molecule has 0 saturated heterocycles. The van der Waals surface area contributed by atoms with Crippen molar-refractivity contribution in [2.45, 2.75) is 43.8 Å². The van der Waals surface area contributed by atoms with Crippen LogP contribution in [0.3, 0.4) is 0 Å². The Hall–Kier alpha value is -3.14. The number of aromatic nitrogens is 2. The Morgan fingerprint density at radius 3 is 2.68 bits per heavy atom. The molecule has 4 rings (SSSR count). The Morgan fingerprint density at radius 1 is 1.29 bits per heavy atom. The molecular formula is C24H27F3N4O3. The van der Waals surface area contributed by atoms with Gasteiger partial charge in [-0.25, -0.2) is 4.79 Å². The van der Waals surface area contributed by atoms with E-state index >= 15 is 0 Å². The average Bonchev–Trinajstić information content (AvgIpc) is 3.51. The van der Waals surface area contributed by atoms with Crippen LogP contribution in [0.4, 0.5) is 13.2 Å². The van der Waals surface area contributed by atoms with Crippen LogP contribution in [0.25, 0.3) is 11.1 Å². The third-order valence-electron chi connectivity index (χ3n) is 6.72. The number of benzene rings is 1. The van der Waals surface area contributed by atoms with E-state index in [1.807, 2.05) is 25.1 Å². The smallest absolute Gasteiger partial charge is 0.408 e. The number of pyridine rings is 1. The zero-order valence-electron chi connectivity index (χ0n) is 19.0. The molecule has 182 valence electrons. The summed E-state index contributed by atoms with van der Waals surface area (Å²) in [7, 11) is 3.74. The monoisotopic (exact) mass is 476 g/mol. The number of rotatable bonds is 9. The molecule has 1 fully saturated rings. The van der Waals surface area contributed by atoms with Crippen LogP contribution < -0.4 is 11.1 Å². The van der Waals surface area contributed by atoms with Crippen LogP contribution in [0.15, 0.2) is 51.9 Å². The molecule has 2 aromatic heterocycles. The van der Waals surface area contributed by atoms with Gasteiger partial charge in [0, 0.05) is 37.3 Å². The molecule has 0 radical (unpaired) electrons. The zero-order valence-corrected chi connectivity index (χ0v) is 19.0. The van der Waals surface area contributed by atoms with Gasteiger partial charge in [-0.15, -0.1) is 0 Å². The van der Waals surface area contributed by atoms with Gasteiger partial charge in [-0.3, -0.25) is 14.8 Å². The van der Waals surface area contributed by atoms with Crippen LogP contribution in [0, 0.1) is 5.41 Å². The maximum absolute atomic E-state index is 13.9. The Kier molecular flexibility index (Phi) is 6.53. The van der Waals surface area contributed by atoms with Crippen LogP contribution in [0.5, 0.6) is 0 Å². The number of hydrogen-bond donors (Lipinski definition) is 2. The van der Waals surface area contributed by atoms with Gasteiger partial charge in [-0.05, 0) is 62.7 Å². The van der Waals surface area contributed by atoms with Gasteiger partial charge in [-0.1, -0.05) is 12.1 Å². The van der Waals surface area contributed by atoms with Gasteiger partial charge in [-0.2, -0.15) is 13.2 Å². The number of nitrogens with zero attached hydrogens (tertiary/aromatic N) is 2. The zero-order chi connectivity index (χ0) is 24.5. The van der Waals surface area contributed by atoms with E-state index in [1.165, 1.54) is 12.4 Å². The van der Waals surface area contributed by atoms with Crippen molar-refractivity contribution in [3.63, 3.8) is 0 Å². The molecule has 3 aromatic rings. The maximum Gasteiger partial charge on any atom is 0.417 e. The summed E-state index contributed by atoms with van der Waals surface area (Å²) in [6, 6.07) is 8.48. The van der Waals surface area contributed by atoms with Gasteiger partial charge < -0.3 is 14.6 Å². The second-order valence-electron chi connectivity index (χ2n) is 9.17. The summed E-state index contributed by atoms with van der Waals surface area (Å²) in [6.45, 7) is 0.264. The van der Waals surface area contributed by atoms with Gasteiger partial charge in [0.15, 0.2) is 5.58 Å². The van der Waals surface area contributed by atoms with Crippen molar-refractivity contribution >= 4 is 17.0 Å². The summed E-state index contributed by atoms with van der Waals surface area (Å²) in [6.07, 6.45) is -1.13. The topological polar surface area (TPSA) is 91.2 Å². The first-order valence-electron chi connectivity index (χ1n) is 11.1. The predicted octanol–water partition coefficient (Wildman–Crippen LogP) is 3.62. The molecule has 0 spiro atoms. The van der Waals surface area contributed by atoms with E-state index in [-0.39, 0.29) is 31.8 Å². The third-order valence-corrected chi connectivity index (χ3v) is 6.72. The van der Waals surface area contributed by atoms with E-state index in [2.05, 4.69) is 15.3 Å². The fourth-order valence-corrected chi connectivity index (χ4v) is 4.49. The largest absolute Gasteiger partial charge is 0.417 e. The molecule has 0 bridgehead atoms. The number of H-pyrrole nitrogens is 1.